The molecule has 144 valence electrons. The van der Waals surface area contributed by atoms with Gasteiger partial charge in [0.25, 0.3) is 5.91 Å². The van der Waals surface area contributed by atoms with E-state index in [0.717, 1.165) is 3.79 Å². The number of hydrogen-bond acceptors (Lipinski definition) is 7. The van der Waals surface area contributed by atoms with Crippen molar-refractivity contribution < 1.29 is 14.4 Å². The van der Waals surface area contributed by atoms with Gasteiger partial charge in [-0.2, -0.15) is 0 Å². The van der Waals surface area contributed by atoms with Crippen LogP contribution in [0.25, 0.3) is 0 Å². The fraction of sp³-hybridized carbons (Fsp3) is 0.438. The standard InChI is InChI=1S/C16H18BrN5O3S2/c1-9(19-14(24)11-2-3-12(17)27-11)15(25)22-6-4-10(5-7-22)13(23)20-16-21-18-8-26-16/h2-3,8-10H,4-7H2,1H3,(H,19,24)(H,20,21,23). The molecule has 1 unspecified atom stereocenters. The van der Waals surface area contributed by atoms with Gasteiger partial charge in [0.2, 0.25) is 16.9 Å². The van der Waals surface area contributed by atoms with Crippen LogP contribution in [-0.2, 0) is 9.59 Å². The Kier molecular flexibility index (Phi) is 6.55. The summed E-state index contributed by atoms with van der Waals surface area (Å²) in [5.74, 6) is -0.658. The number of thiophene rings is 1. The normalized spacial score (nSPS) is 16.0. The van der Waals surface area contributed by atoms with Gasteiger partial charge in [-0.25, -0.2) is 0 Å². The van der Waals surface area contributed by atoms with E-state index in [0.29, 0.717) is 35.9 Å². The van der Waals surface area contributed by atoms with E-state index >= 15 is 0 Å². The molecule has 0 saturated carbocycles. The number of amides is 3. The van der Waals surface area contributed by atoms with Crippen LogP contribution in [0.2, 0.25) is 0 Å². The van der Waals surface area contributed by atoms with Gasteiger partial charge in [0, 0.05) is 19.0 Å². The van der Waals surface area contributed by atoms with Gasteiger partial charge in [0.05, 0.1) is 8.66 Å². The molecule has 1 aliphatic heterocycles. The maximum absolute atomic E-state index is 12.6. The van der Waals surface area contributed by atoms with Gasteiger partial charge in [-0.15, -0.1) is 21.5 Å². The lowest BCUT2D eigenvalue weighted by molar-refractivity contribution is -0.135. The highest BCUT2D eigenvalue weighted by atomic mass is 79.9. The van der Waals surface area contributed by atoms with Crippen molar-refractivity contribution in [1.82, 2.24) is 20.4 Å². The number of carbonyl (C=O) groups is 3. The molecular formula is C16H18BrN5O3S2. The van der Waals surface area contributed by atoms with Crippen LogP contribution in [0.4, 0.5) is 5.13 Å². The van der Waals surface area contributed by atoms with E-state index in [4.69, 9.17) is 0 Å². The monoisotopic (exact) mass is 471 g/mol. The Morgan fingerprint density at radius 2 is 2.04 bits per heavy atom. The second-order valence-corrected chi connectivity index (χ2v) is 9.43. The third-order valence-corrected chi connectivity index (χ3v) is 6.51. The molecule has 0 radical (unpaired) electrons. The smallest absolute Gasteiger partial charge is 0.262 e. The largest absolute Gasteiger partial charge is 0.341 e. The number of hydrogen-bond donors (Lipinski definition) is 2. The maximum Gasteiger partial charge on any atom is 0.262 e. The molecule has 0 aromatic carbocycles. The molecule has 1 saturated heterocycles. The summed E-state index contributed by atoms with van der Waals surface area (Å²) >= 11 is 5.90. The Morgan fingerprint density at radius 3 is 2.63 bits per heavy atom. The Labute approximate surface area is 172 Å². The molecule has 1 aliphatic rings. The Balaban J connectivity index is 1.47. The van der Waals surface area contributed by atoms with Gasteiger partial charge in [-0.05, 0) is 47.8 Å². The van der Waals surface area contributed by atoms with Crippen LogP contribution >= 0.6 is 38.6 Å². The highest BCUT2D eigenvalue weighted by Crippen LogP contribution is 2.23. The van der Waals surface area contributed by atoms with Crippen LogP contribution in [0.1, 0.15) is 29.4 Å². The first-order valence-corrected chi connectivity index (χ1v) is 10.8. The number of piperidine rings is 1. The zero-order valence-corrected chi connectivity index (χ0v) is 17.7. The zero-order chi connectivity index (χ0) is 19.4. The van der Waals surface area contributed by atoms with Gasteiger partial charge in [0.1, 0.15) is 11.6 Å². The van der Waals surface area contributed by atoms with Crippen molar-refractivity contribution in [2.75, 3.05) is 18.4 Å². The number of carbonyl (C=O) groups excluding carboxylic acids is 3. The third kappa shape index (κ3) is 5.11. The average Bonchev–Trinajstić information content (AvgIpc) is 3.32. The Morgan fingerprint density at radius 1 is 1.30 bits per heavy atom. The van der Waals surface area contributed by atoms with Gasteiger partial charge >= 0.3 is 0 Å². The van der Waals surface area contributed by atoms with Crippen LogP contribution < -0.4 is 10.6 Å². The number of aromatic nitrogens is 2. The molecule has 2 aromatic rings. The van der Waals surface area contributed by atoms with Crippen molar-refractivity contribution in [1.29, 1.82) is 0 Å². The summed E-state index contributed by atoms with van der Waals surface area (Å²) in [6.07, 6.45) is 1.16. The summed E-state index contributed by atoms with van der Waals surface area (Å²) < 4.78 is 0.862. The van der Waals surface area contributed by atoms with Gasteiger partial charge in [0.15, 0.2) is 0 Å². The van der Waals surface area contributed by atoms with Gasteiger partial charge in [-0.3, -0.25) is 14.4 Å². The summed E-state index contributed by atoms with van der Waals surface area (Å²) in [6.45, 7) is 2.65. The van der Waals surface area contributed by atoms with Crippen molar-refractivity contribution in [3.8, 4) is 0 Å². The maximum atomic E-state index is 12.6. The lowest BCUT2D eigenvalue weighted by Gasteiger charge is -2.33. The van der Waals surface area contributed by atoms with Crippen molar-refractivity contribution in [3.05, 3.63) is 26.3 Å². The van der Waals surface area contributed by atoms with Gasteiger partial charge in [-0.1, -0.05) is 11.3 Å². The lowest BCUT2D eigenvalue weighted by atomic mass is 9.95. The molecule has 0 spiro atoms. The van der Waals surface area contributed by atoms with E-state index in [2.05, 4.69) is 36.8 Å². The number of rotatable bonds is 5. The fourth-order valence-electron chi connectivity index (χ4n) is 2.84. The molecular weight excluding hydrogens is 454 g/mol. The van der Waals surface area contributed by atoms with Crippen molar-refractivity contribution in [2.45, 2.75) is 25.8 Å². The van der Waals surface area contributed by atoms with E-state index in [-0.39, 0.29) is 23.6 Å². The topological polar surface area (TPSA) is 104 Å². The summed E-state index contributed by atoms with van der Waals surface area (Å²) in [6, 6.07) is 2.89. The molecule has 0 aliphatic carbocycles. The van der Waals surface area contributed by atoms with Gasteiger partial charge < -0.3 is 15.5 Å². The molecule has 27 heavy (non-hydrogen) atoms. The molecule has 3 heterocycles. The molecule has 1 fully saturated rings. The summed E-state index contributed by atoms with van der Waals surface area (Å²) in [7, 11) is 0. The lowest BCUT2D eigenvalue weighted by Crippen LogP contribution is -2.50. The number of anilines is 1. The number of likely N-dealkylation sites (tertiary alicyclic amines) is 1. The SMILES string of the molecule is CC(NC(=O)c1ccc(Br)s1)C(=O)N1CCC(C(=O)Nc2nncs2)CC1. The van der Waals surface area contributed by atoms with E-state index in [9.17, 15) is 14.4 Å². The molecule has 3 amide bonds. The minimum absolute atomic E-state index is 0.0940. The highest BCUT2D eigenvalue weighted by Gasteiger charge is 2.30. The van der Waals surface area contributed by atoms with Crippen LogP contribution in [0.3, 0.4) is 0 Å². The van der Waals surface area contributed by atoms with Crippen molar-refractivity contribution >= 4 is 61.5 Å². The third-order valence-electron chi connectivity index (χ3n) is 4.28. The Hall–Kier alpha value is -1.85. The quantitative estimate of drug-likeness (QED) is 0.696. The highest BCUT2D eigenvalue weighted by molar-refractivity contribution is 9.11. The van der Waals surface area contributed by atoms with Crippen LogP contribution in [-0.4, -0.2) is 52.0 Å². The predicted molar refractivity (Wildman–Crippen MR) is 107 cm³/mol. The summed E-state index contributed by atoms with van der Waals surface area (Å²) in [5.41, 5.74) is 1.56. The zero-order valence-electron chi connectivity index (χ0n) is 14.5. The number of halogens is 1. The average molecular weight is 472 g/mol. The Bertz CT molecular complexity index is 818. The number of nitrogens with one attached hydrogen (secondary N) is 2. The second-order valence-electron chi connectivity index (χ2n) is 6.13. The van der Waals surface area contributed by atoms with Crippen LogP contribution in [0.15, 0.2) is 21.4 Å². The first-order valence-electron chi connectivity index (χ1n) is 8.36. The molecule has 2 aromatic heterocycles. The fourth-order valence-corrected chi connectivity index (χ4v) is 4.57. The first kappa shape index (κ1) is 19.9. The molecule has 1 atom stereocenters. The minimum atomic E-state index is -0.620. The minimum Gasteiger partial charge on any atom is -0.341 e. The van der Waals surface area contributed by atoms with Crippen LogP contribution in [0.5, 0.6) is 0 Å². The second kappa shape index (κ2) is 8.89. The molecule has 3 rings (SSSR count). The molecule has 0 bridgehead atoms. The van der Waals surface area contributed by atoms with E-state index in [1.54, 1.807) is 29.5 Å². The van der Waals surface area contributed by atoms with E-state index < -0.39 is 6.04 Å². The summed E-state index contributed by atoms with van der Waals surface area (Å²) in [5, 5.41) is 13.5. The van der Waals surface area contributed by atoms with Crippen molar-refractivity contribution in [3.63, 3.8) is 0 Å². The first-order chi connectivity index (χ1) is 12.9. The molecule has 2 N–H and O–H groups in total. The predicted octanol–water partition coefficient (Wildman–Crippen LogP) is 2.36. The van der Waals surface area contributed by atoms with Crippen molar-refractivity contribution in [2.24, 2.45) is 5.92 Å². The summed E-state index contributed by atoms with van der Waals surface area (Å²) in [4.78, 5) is 39.3. The van der Waals surface area contributed by atoms with E-state index in [1.165, 1.54) is 22.7 Å². The van der Waals surface area contributed by atoms with Crippen LogP contribution in [0, 0.1) is 5.92 Å². The molecule has 11 heteroatoms. The van der Waals surface area contributed by atoms with E-state index in [1.807, 2.05) is 0 Å². The molecule has 8 nitrogen and oxygen atoms in total. The number of nitrogens with zero attached hydrogens (tertiary/aromatic N) is 3.